The number of halogens is 2. The Balaban J connectivity index is 2.08. The van der Waals surface area contributed by atoms with Gasteiger partial charge in [-0.15, -0.1) is 11.6 Å². The molecule has 0 amide bonds. The number of nitrogens with zero attached hydrogens (tertiary/aromatic N) is 1. The van der Waals surface area contributed by atoms with Gasteiger partial charge in [0.2, 0.25) is 0 Å². The second-order valence-corrected chi connectivity index (χ2v) is 5.04. The standard InChI is InChI=1S/C11H11BrClN/c12-10-4-9(6-14-7-10)3-8-1-2-11(13)5-8/h4-7,11H,1-3H2. The van der Waals surface area contributed by atoms with E-state index >= 15 is 0 Å². The maximum atomic E-state index is 6.00. The molecule has 0 aromatic carbocycles. The van der Waals surface area contributed by atoms with Crippen LogP contribution in [0, 0.1) is 0 Å². The molecule has 0 saturated heterocycles. The van der Waals surface area contributed by atoms with Crippen LogP contribution in [0.2, 0.25) is 0 Å². The van der Waals surface area contributed by atoms with Crippen molar-refractivity contribution in [3.05, 3.63) is 40.1 Å². The van der Waals surface area contributed by atoms with E-state index in [4.69, 9.17) is 11.6 Å². The number of aromatic nitrogens is 1. The monoisotopic (exact) mass is 271 g/mol. The van der Waals surface area contributed by atoms with E-state index in [0.29, 0.717) is 0 Å². The lowest BCUT2D eigenvalue weighted by atomic mass is 10.1. The summed E-state index contributed by atoms with van der Waals surface area (Å²) in [6.45, 7) is 0. The molecule has 14 heavy (non-hydrogen) atoms. The molecule has 0 N–H and O–H groups in total. The van der Waals surface area contributed by atoms with E-state index in [0.717, 1.165) is 23.7 Å². The minimum absolute atomic E-state index is 0.241. The Morgan fingerprint density at radius 3 is 3.00 bits per heavy atom. The van der Waals surface area contributed by atoms with Crippen LogP contribution in [-0.2, 0) is 6.42 Å². The Morgan fingerprint density at radius 2 is 2.36 bits per heavy atom. The summed E-state index contributed by atoms with van der Waals surface area (Å²) in [5.41, 5.74) is 2.68. The first-order valence-electron chi connectivity index (χ1n) is 4.67. The average molecular weight is 273 g/mol. The van der Waals surface area contributed by atoms with Crippen molar-refractivity contribution in [3.63, 3.8) is 0 Å². The van der Waals surface area contributed by atoms with Crippen LogP contribution in [0.25, 0.3) is 0 Å². The number of rotatable bonds is 2. The molecule has 3 heteroatoms. The van der Waals surface area contributed by atoms with Gasteiger partial charge < -0.3 is 0 Å². The smallest absolute Gasteiger partial charge is 0.0521 e. The third-order valence-corrected chi connectivity index (χ3v) is 3.13. The second-order valence-electron chi connectivity index (χ2n) is 3.57. The van der Waals surface area contributed by atoms with Gasteiger partial charge >= 0.3 is 0 Å². The molecule has 0 aliphatic heterocycles. The molecule has 1 aromatic heterocycles. The van der Waals surface area contributed by atoms with Crippen molar-refractivity contribution in [3.8, 4) is 0 Å². The van der Waals surface area contributed by atoms with Crippen LogP contribution < -0.4 is 0 Å². The fraction of sp³-hybridized carbons (Fsp3) is 0.364. The van der Waals surface area contributed by atoms with Gasteiger partial charge in [0.15, 0.2) is 0 Å². The van der Waals surface area contributed by atoms with E-state index in [1.165, 1.54) is 11.1 Å². The van der Waals surface area contributed by atoms with Gasteiger partial charge in [-0.1, -0.05) is 11.6 Å². The van der Waals surface area contributed by atoms with Crippen LogP contribution in [-0.4, -0.2) is 10.4 Å². The lowest BCUT2D eigenvalue weighted by Gasteiger charge is -2.01. The van der Waals surface area contributed by atoms with Gasteiger partial charge in [-0.25, -0.2) is 0 Å². The molecule has 0 saturated carbocycles. The summed E-state index contributed by atoms with van der Waals surface area (Å²) in [7, 11) is 0. The number of hydrogen-bond acceptors (Lipinski definition) is 1. The molecule has 1 aromatic rings. The lowest BCUT2D eigenvalue weighted by Crippen LogP contribution is -1.88. The fourth-order valence-electron chi connectivity index (χ4n) is 1.71. The molecule has 1 nitrogen and oxygen atoms in total. The number of allylic oxidation sites excluding steroid dienone is 2. The molecule has 1 aliphatic rings. The minimum atomic E-state index is 0.241. The summed E-state index contributed by atoms with van der Waals surface area (Å²) in [6.07, 6.45) is 9.07. The highest BCUT2D eigenvalue weighted by atomic mass is 79.9. The topological polar surface area (TPSA) is 12.9 Å². The fourth-order valence-corrected chi connectivity index (χ4v) is 2.41. The van der Waals surface area contributed by atoms with Crippen LogP contribution in [0.3, 0.4) is 0 Å². The maximum absolute atomic E-state index is 6.00. The molecule has 1 unspecified atom stereocenters. The van der Waals surface area contributed by atoms with Crippen LogP contribution in [0.4, 0.5) is 0 Å². The van der Waals surface area contributed by atoms with Crippen LogP contribution in [0.5, 0.6) is 0 Å². The SMILES string of the molecule is ClC1C=C(Cc2cncc(Br)c2)CC1. The van der Waals surface area contributed by atoms with Crippen LogP contribution in [0.1, 0.15) is 18.4 Å². The third kappa shape index (κ3) is 2.58. The first kappa shape index (κ1) is 10.2. The van der Waals surface area contributed by atoms with Gasteiger partial charge in [-0.05, 0) is 46.8 Å². The second kappa shape index (κ2) is 4.45. The molecular formula is C11H11BrClN. The van der Waals surface area contributed by atoms with Crippen molar-refractivity contribution in [2.24, 2.45) is 0 Å². The molecule has 0 fully saturated rings. The highest BCUT2D eigenvalue weighted by Gasteiger charge is 2.13. The number of hydrogen-bond donors (Lipinski definition) is 0. The molecule has 0 bridgehead atoms. The van der Waals surface area contributed by atoms with Crippen LogP contribution in [0.15, 0.2) is 34.6 Å². The first-order valence-corrected chi connectivity index (χ1v) is 5.90. The van der Waals surface area contributed by atoms with E-state index in [2.05, 4.69) is 33.1 Å². The minimum Gasteiger partial charge on any atom is -0.263 e. The summed E-state index contributed by atoms with van der Waals surface area (Å²) in [5, 5.41) is 0.241. The van der Waals surface area contributed by atoms with Crippen molar-refractivity contribution < 1.29 is 0 Å². The third-order valence-electron chi connectivity index (χ3n) is 2.35. The Hall–Kier alpha value is -0.340. The maximum Gasteiger partial charge on any atom is 0.0521 e. The van der Waals surface area contributed by atoms with E-state index < -0.39 is 0 Å². The van der Waals surface area contributed by atoms with E-state index in [1.807, 2.05) is 6.20 Å². The van der Waals surface area contributed by atoms with Crippen molar-refractivity contribution in [1.29, 1.82) is 0 Å². The normalized spacial score (nSPS) is 21.0. The van der Waals surface area contributed by atoms with E-state index in [9.17, 15) is 0 Å². The summed E-state index contributed by atoms with van der Waals surface area (Å²) in [6, 6.07) is 2.11. The lowest BCUT2D eigenvalue weighted by molar-refractivity contribution is 0.890. The molecule has 0 radical (unpaired) electrons. The van der Waals surface area contributed by atoms with Gasteiger partial charge in [0.1, 0.15) is 0 Å². The van der Waals surface area contributed by atoms with Crippen LogP contribution >= 0.6 is 27.5 Å². The average Bonchev–Trinajstić information content (AvgIpc) is 2.51. The highest BCUT2D eigenvalue weighted by Crippen LogP contribution is 2.25. The van der Waals surface area contributed by atoms with E-state index in [1.54, 1.807) is 6.20 Å². The Bertz CT molecular complexity index is 362. The predicted octanol–water partition coefficient (Wildman–Crippen LogP) is 3.71. The van der Waals surface area contributed by atoms with Gasteiger partial charge in [0.25, 0.3) is 0 Å². The van der Waals surface area contributed by atoms with Crippen molar-refractivity contribution >= 4 is 27.5 Å². The Labute approximate surface area is 97.3 Å². The summed E-state index contributed by atoms with van der Waals surface area (Å²) in [4.78, 5) is 4.14. The summed E-state index contributed by atoms with van der Waals surface area (Å²) in [5.74, 6) is 0. The number of pyridine rings is 1. The van der Waals surface area contributed by atoms with Gasteiger partial charge in [0, 0.05) is 16.9 Å². The zero-order chi connectivity index (χ0) is 9.97. The van der Waals surface area contributed by atoms with Crippen molar-refractivity contribution in [2.75, 3.05) is 0 Å². The zero-order valence-corrected chi connectivity index (χ0v) is 10.1. The Kier molecular flexibility index (Phi) is 3.24. The number of alkyl halides is 1. The summed E-state index contributed by atoms with van der Waals surface area (Å²) < 4.78 is 1.04. The van der Waals surface area contributed by atoms with Gasteiger partial charge in [0.05, 0.1) is 5.38 Å². The molecule has 1 aliphatic carbocycles. The predicted molar refractivity (Wildman–Crippen MR) is 62.6 cm³/mol. The molecular weight excluding hydrogens is 261 g/mol. The van der Waals surface area contributed by atoms with Crippen molar-refractivity contribution in [1.82, 2.24) is 4.98 Å². The van der Waals surface area contributed by atoms with Crippen molar-refractivity contribution in [2.45, 2.75) is 24.6 Å². The quantitative estimate of drug-likeness (QED) is 0.591. The molecule has 1 heterocycles. The molecule has 74 valence electrons. The summed E-state index contributed by atoms with van der Waals surface area (Å²) >= 11 is 9.42. The Morgan fingerprint density at radius 1 is 1.50 bits per heavy atom. The zero-order valence-electron chi connectivity index (χ0n) is 7.71. The first-order chi connectivity index (χ1) is 6.74. The largest absolute Gasteiger partial charge is 0.263 e. The van der Waals surface area contributed by atoms with Gasteiger partial charge in [-0.3, -0.25) is 4.98 Å². The van der Waals surface area contributed by atoms with E-state index in [-0.39, 0.29) is 5.38 Å². The van der Waals surface area contributed by atoms with Gasteiger partial charge in [-0.2, -0.15) is 0 Å². The molecule has 1 atom stereocenters. The molecule has 2 rings (SSSR count). The molecule has 0 spiro atoms. The highest BCUT2D eigenvalue weighted by molar-refractivity contribution is 9.10.